The fourth-order valence-electron chi connectivity index (χ4n) is 1.90. The summed E-state index contributed by atoms with van der Waals surface area (Å²) in [5.74, 6) is -2.22. The number of benzene rings is 1. The maximum absolute atomic E-state index is 13.6. The summed E-state index contributed by atoms with van der Waals surface area (Å²) >= 11 is 0. The van der Waals surface area contributed by atoms with Crippen LogP contribution in [0, 0.1) is 5.82 Å². The summed E-state index contributed by atoms with van der Waals surface area (Å²) < 4.78 is 39.8. The van der Waals surface area contributed by atoms with Crippen molar-refractivity contribution in [2.45, 2.75) is 17.4 Å². The summed E-state index contributed by atoms with van der Waals surface area (Å²) in [6.07, 6.45) is -0.303. The van der Waals surface area contributed by atoms with E-state index in [1.807, 2.05) is 4.72 Å². The topological polar surface area (TPSA) is 110 Å². The van der Waals surface area contributed by atoms with E-state index in [9.17, 15) is 22.4 Å². The van der Waals surface area contributed by atoms with Crippen molar-refractivity contribution in [3.63, 3.8) is 0 Å². The number of amides is 2. The number of nitrogens with two attached hydrogens (primary N) is 1. The molecule has 2 amide bonds. The van der Waals surface area contributed by atoms with Gasteiger partial charge in [0, 0.05) is 7.05 Å². The molecule has 108 valence electrons. The molecule has 20 heavy (non-hydrogen) atoms. The highest BCUT2D eigenvalue weighted by atomic mass is 32.2. The number of rotatable bonds is 3. The summed E-state index contributed by atoms with van der Waals surface area (Å²) in [6, 6.07) is 2.20. The number of hydrogen-bond acceptors (Lipinski definition) is 5. The second-order valence-corrected chi connectivity index (χ2v) is 5.98. The zero-order valence-corrected chi connectivity index (χ0v) is 11.3. The molecule has 9 heteroatoms. The van der Waals surface area contributed by atoms with Crippen LogP contribution in [0.25, 0.3) is 0 Å². The minimum Gasteiger partial charge on any atom is -0.398 e. The number of sulfonamides is 1. The minimum atomic E-state index is -4.33. The number of nitrogens with zero attached hydrogens (tertiary/aromatic N) is 1. The summed E-state index contributed by atoms with van der Waals surface area (Å²) in [5, 5.41) is 0. The third-order valence-electron chi connectivity index (χ3n) is 2.95. The second kappa shape index (κ2) is 4.84. The largest absolute Gasteiger partial charge is 0.398 e. The van der Waals surface area contributed by atoms with E-state index in [1.54, 1.807) is 0 Å². The van der Waals surface area contributed by atoms with E-state index in [0.717, 1.165) is 11.0 Å². The van der Waals surface area contributed by atoms with Crippen molar-refractivity contribution in [1.82, 2.24) is 9.62 Å². The predicted octanol–water partition coefficient (Wildman–Crippen LogP) is -0.557. The van der Waals surface area contributed by atoms with Crippen molar-refractivity contribution >= 4 is 27.5 Å². The molecule has 1 aliphatic rings. The monoisotopic (exact) mass is 301 g/mol. The number of halogens is 1. The molecule has 1 aromatic rings. The predicted molar refractivity (Wildman–Crippen MR) is 67.3 cm³/mol. The summed E-state index contributed by atoms with van der Waals surface area (Å²) in [6.45, 7) is 0. The highest BCUT2D eigenvalue weighted by Crippen LogP contribution is 2.23. The Bertz CT molecular complexity index is 669. The first-order valence-electron chi connectivity index (χ1n) is 5.61. The fourth-order valence-corrected chi connectivity index (χ4v) is 3.28. The molecule has 0 spiro atoms. The molecule has 0 radical (unpaired) electrons. The van der Waals surface area contributed by atoms with Crippen LogP contribution in [-0.4, -0.2) is 38.2 Å². The van der Waals surface area contributed by atoms with Crippen molar-refractivity contribution in [2.75, 3.05) is 12.8 Å². The Morgan fingerprint density at radius 2 is 2.05 bits per heavy atom. The van der Waals surface area contributed by atoms with Gasteiger partial charge in [-0.2, -0.15) is 4.72 Å². The first-order chi connectivity index (χ1) is 9.24. The second-order valence-electron chi connectivity index (χ2n) is 4.33. The molecule has 7 nitrogen and oxygen atoms in total. The summed E-state index contributed by atoms with van der Waals surface area (Å²) in [5.41, 5.74) is 5.17. The smallest absolute Gasteiger partial charge is 0.247 e. The molecule has 0 aliphatic carbocycles. The molecule has 1 atom stereocenters. The molecule has 1 fully saturated rings. The third-order valence-corrected chi connectivity index (χ3v) is 4.51. The van der Waals surface area contributed by atoms with E-state index in [1.165, 1.54) is 19.2 Å². The number of hydrogen-bond donors (Lipinski definition) is 2. The van der Waals surface area contributed by atoms with Crippen LogP contribution in [0.1, 0.15) is 6.42 Å². The summed E-state index contributed by atoms with van der Waals surface area (Å²) in [7, 11) is -3.09. The number of nitrogen functional groups attached to an aromatic ring is 1. The van der Waals surface area contributed by atoms with Crippen molar-refractivity contribution in [3.05, 3.63) is 24.0 Å². The maximum Gasteiger partial charge on any atom is 0.247 e. The fraction of sp³-hybridized carbons (Fsp3) is 0.273. The Labute approximate surface area is 114 Å². The van der Waals surface area contributed by atoms with Crippen LogP contribution >= 0.6 is 0 Å². The molecule has 1 aromatic carbocycles. The molecular weight excluding hydrogens is 289 g/mol. The number of carbonyl (C=O) groups is 2. The highest BCUT2D eigenvalue weighted by molar-refractivity contribution is 7.89. The van der Waals surface area contributed by atoms with Gasteiger partial charge in [-0.25, -0.2) is 12.8 Å². The van der Waals surface area contributed by atoms with Crippen LogP contribution < -0.4 is 10.5 Å². The number of likely N-dealkylation sites (tertiary alicyclic amines) is 1. The molecule has 0 bridgehead atoms. The van der Waals surface area contributed by atoms with Gasteiger partial charge in [-0.05, 0) is 12.1 Å². The Morgan fingerprint density at radius 1 is 1.40 bits per heavy atom. The van der Waals surface area contributed by atoms with E-state index >= 15 is 0 Å². The highest BCUT2D eigenvalue weighted by Gasteiger charge is 2.39. The lowest BCUT2D eigenvalue weighted by Crippen LogP contribution is -2.41. The lowest BCUT2D eigenvalue weighted by Gasteiger charge is -2.13. The first kappa shape index (κ1) is 14.4. The minimum absolute atomic E-state index is 0.275. The van der Waals surface area contributed by atoms with E-state index in [0.29, 0.717) is 0 Å². The average molecular weight is 301 g/mol. The van der Waals surface area contributed by atoms with Crippen LogP contribution in [-0.2, 0) is 19.6 Å². The van der Waals surface area contributed by atoms with Crippen molar-refractivity contribution < 1.29 is 22.4 Å². The van der Waals surface area contributed by atoms with Gasteiger partial charge in [-0.15, -0.1) is 0 Å². The van der Waals surface area contributed by atoms with Gasteiger partial charge < -0.3 is 5.73 Å². The van der Waals surface area contributed by atoms with E-state index in [2.05, 4.69) is 0 Å². The number of imide groups is 1. The zero-order valence-electron chi connectivity index (χ0n) is 10.5. The van der Waals surface area contributed by atoms with Gasteiger partial charge in [-0.3, -0.25) is 14.5 Å². The number of likely N-dealkylation sites (N-methyl/N-ethyl adjacent to an activating group) is 1. The van der Waals surface area contributed by atoms with Gasteiger partial charge in [-0.1, -0.05) is 6.07 Å². The quantitative estimate of drug-likeness (QED) is 0.574. The molecule has 0 saturated carbocycles. The Balaban J connectivity index is 2.34. The number of anilines is 1. The lowest BCUT2D eigenvalue weighted by atomic mass is 10.3. The van der Waals surface area contributed by atoms with Gasteiger partial charge in [0.15, 0.2) is 0 Å². The Kier molecular flexibility index (Phi) is 3.48. The van der Waals surface area contributed by atoms with E-state index in [-0.39, 0.29) is 12.1 Å². The first-order valence-corrected chi connectivity index (χ1v) is 7.09. The molecule has 1 saturated heterocycles. The zero-order chi connectivity index (χ0) is 15.1. The number of nitrogens with one attached hydrogen (secondary N) is 1. The standard InChI is InChI=1S/C11H12FN3O4S/c1-15-9(16)5-8(11(15)17)14-20(18,19)10-6(12)3-2-4-7(10)13/h2-4,8,14H,5,13H2,1H3. The van der Waals surface area contributed by atoms with Crippen molar-refractivity contribution in [2.24, 2.45) is 0 Å². The molecule has 1 unspecified atom stereocenters. The van der Waals surface area contributed by atoms with Crippen LogP contribution in [0.4, 0.5) is 10.1 Å². The van der Waals surface area contributed by atoms with Crippen LogP contribution in [0.15, 0.2) is 23.1 Å². The molecule has 1 aliphatic heterocycles. The van der Waals surface area contributed by atoms with E-state index in [4.69, 9.17) is 5.73 Å². The Morgan fingerprint density at radius 3 is 2.55 bits per heavy atom. The van der Waals surface area contributed by atoms with Gasteiger partial charge in [0.05, 0.1) is 12.1 Å². The maximum atomic E-state index is 13.6. The lowest BCUT2D eigenvalue weighted by molar-refractivity contribution is -0.137. The molecule has 1 heterocycles. The van der Waals surface area contributed by atoms with Gasteiger partial charge in [0.25, 0.3) is 0 Å². The Hall–Kier alpha value is -2.00. The molecular formula is C11H12FN3O4S. The van der Waals surface area contributed by atoms with Gasteiger partial charge in [0.2, 0.25) is 21.8 Å². The van der Waals surface area contributed by atoms with Crippen LogP contribution in [0.5, 0.6) is 0 Å². The van der Waals surface area contributed by atoms with Crippen LogP contribution in [0.2, 0.25) is 0 Å². The van der Waals surface area contributed by atoms with Gasteiger partial charge >= 0.3 is 0 Å². The average Bonchev–Trinajstić information content (AvgIpc) is 2.56. The molecule has 2 rings (SSSR count). The normalized spacial score (nSPS) is 19.7. The molecule has 0 aromatic heterocycles. The van der Waals surface area contributed by atoms with Gasteiger partial charge in [0.1, 0.15) is 16.8 Å². The van der Waals surface area contributed by atoms with Crippen molar-refractivity contribution in [1.29, 1.82) is 0 Å². The van der Waals surface area contributed by atoms with Crippen molar-refractivity contribution in [3.8, 4) is 0 Å². The number of carbonyl (C=O) groups excluding carboxylic acids is 2. The van der Waals surface area contributed by atoms with E-state index < -0.39 is 38.6 Å². The SMILES string of the molecule is CN1C(=O)CC(NS(=O)(=O)c2c(N)cccc2F)C1=O. The summed E-state index contributed by atoms with van der Waals surface area (Å²) in [4.78, 5) is 23.1. The third kappa shape index (κ3) is 2.37. The van der Waals surface area contributed by atoms with Crippen LogP contribution in [0.3, 0.4) is 0 Å². The molecule has 3 N–H and O–H groups in total.